The molecule has 1 saturated carbocycles. The third-order valence-corrected chi connectivity index (χ3v) is 4.57. The summed E-state index contributed by atoms with van der Waals surface area (Å²) in [5.41, 5.74) is 1.85. The molecule has 0 spiro atoms. The van der Waals surface area contributed by atoms with Gasteiger partial charge >= 0.3 is 0 Å². The Morgan fingerprint density at radius 3 is 2.70 bits per heavy atom. The van der Waals surface area contributed by atoms with Crippen LogP contribution in [0.15, 0.2) is 0 Å². The molecule has 1 unspecified atom stereocenters. The molecule has 1 aliphatic carbocycles. The largest absolute Gasteiger partial charge is 0.393 e. The first-order valence-corrected chi connectivity index (χ1v) is 7.92. The van der Waals surface area contributed by atoms with Crippen LogP contribution in [0.4, 0.5) is 0 Å². The lowest BCUT2D eigenvalue weighted by Crippen LogP contribution is -2.34. The number of hydrogen-bond acceptors (Lipinski definition) is 3. The highest BCUT2D eigenvalue weighted by atomic mass is 35.5. The van der Waals surface area contributed by atoms with Gasteiger partial charge in [-0.05, 0) is 38.5 Å². The van der Waals surface area contributed by atoms with E-state index in [1.807, 2.05) is 20.9 Å². The molecule has 1 atom stereocenters. The van der Waals surface area contributed by atoms with E-state index in [1.165, 1.54) is 0 Å². The van der Waals surface area contributed by atoms with Crippen LogP contribution in [0.5, 0.6) is 0 Å². The second-order valence-electron chi connectivity index (χ2n) is 5.69. The summed E-state index contributed by atoms with van der Waals surface area (Å²) in [6.45, 7) is 4.85. The van der Waals surface area contributed by atoms with Crippen molar-refractivity contribution in [2.45, 2.75) is 58.2 Å². The van der Waals surface area contributed by atoms with Crippen molar-refractivity contribution in [1.82, 2.24) is 9.78 Å². The van der Waals surface area contributed by atoms with Crippen molar-refractivity contribution in [3.05, 3.63) is 16.4 Å². The smallest absolute Gasteiger partial charge is 0.0850 e. The first kappa shape index (κ1) is 15.8. The quantitative estimate of drug-likeness (QED) is 0.842. The van der Waals surface area contributed by atoms with E-state index in [-0.39, 0.29) is 6.10 Å². The van der Waals surface area contributed by atoms with Crippen molar-refractivity contribution in [2.75, 3.05) is 6.61 Å². The van der Waals surface area contributed by atoms with Gasteiger partial charge in [0.25, 0.3) is 0 Å². The zero-order chi connectivity index (χ0) is 14.7. The second kappa shape index (κ2) is 6.92. The Kier molecular flexibility index (Phi) is 5.47. The van der Waals surface area contributed by atoms with E-state index in [1.54, 1.807) is 4.68 Å². The third-order valence-electron chi connectivity index (χ3n) is 4.13. The summed E-state index contributed by atoms with van der Waals surface area (Å²) in [6.07, 6.45) is 4.44. The highest BCUT2D eigenvalue weighted by molar-refractivity contribution is 6.31. The second-order valence-corrected chi connectivity index (χ2v) is 6.07. The molecule has 1 N–H and O–H groups in total. The van der Waals surface area contributed by atoms with Gasteiger partial charge in [0.05, 0.1) is 28.6 Å². The van der Waals surface area contributed by atoms with E-state index in [0.29, 0.717) is 18.4 Å². The van der Waals surface area contributed by atoms with Crippen LogP contribution < -0.4 is 0 Å². The lowest BCUT2D eigenvalue weighted by Gasteiger charge is -2.36. The van der Waals surface area contributed by atoms with E-state index in [4.69, 9.17) is 16.3 Å². The molecule has 2 rings (SSSR count). The maximum Gasteiger partial charge on any atom is 0.0850 e. The molecule has 0 aliphatic heterocycles. The molecule has 1 aromatic rings. The van der Waals surface area contributed by atoms with Crippen molar-refractivity contribution < 1.29 is 9.84 Å². The van der Waals surface area contributed by atoms with Crippen LogP contribution in [0.1, 0.15) is 44.5 Å². The fourth-order valence-electron chi connectivity index (χ4n) is 2.97. The highest BCUT2D eigenvalue weighted by Crippen LogP contribution is 2.34. The van der Waals surface area contributed by atoms with Crippen LogP contribution in [0, 0.1) is 5.92 Å². The molecule has 4 nitrogen and oxygen atoms in total. The van der Waals surface area contributed by atoms with Gasteiger partial charge < -0.3 is 9.84 Å². The monoisotopic (exact) mass is 300 g/mol. The normalized spacial score (nSPS) is 23.6. The van der Waals surface area contributed by atoms with E-state index in [2.05, 4.69) is 5.10 Å². The van der Waals surface area contributed by atoms with Crippen molar-refractivity contribution in [1.29, 1.82) is 0 Å². The molecular formula is C15H25ClN2O2. The van der Waals surface area contributed by atoms with E-state index in [0.717, 1.165) is 48.7 Å². The lowest BCUT2D eigenvalue weighted by molar-refractivity contribution is -0.0376. The zero-order valence-electron chi connectivity index (χ0n) is 12.6. The Morgan fingerprint density at radius 1 is 1.45 bits per heavy atom. The number of aliphatic hydroxyl groups is 1. The van der Waals surface area contributed by atoms with E-state index in [9.17, 15) is 5.11 Å². The lowest BCUT2D eigenvalue weighted by atomic mass is 9.78. The molecule has 1 aliphatic rings. The van der Waals surface area contributed by atoms with Crippen LogP contribution in [0.3, 0.4) is 0 Å². The van der Waals surface area contributed by atoms with Crippen LogP contribution >= 0.6 is 11.6 Å². The number of nitrogens with zero attached hydrogens (tertiary/aromatic N) is 2. The van der Waals surface area contributed by atoms with Crippen molar-refractivity contribution >= 4 is 11.6 Å². The summed E-state index contributed by atoms with van der Waals surface area (Å²) in [5, 5.41) is 15.3. The number of halogens is 1. The number of aromatic nitrogens is 2. The SMILES string of the molecule is CCOC1CC(CC(O)Cc2c(Cl)c(CC)nn2C)C1. The Labute approximate surface area is 126 Å². The number of ether oxygens (including phenoxy) is 1. The predicted octanol–water partition coefficient (Wildman–Crippen LogP) is 2.74. The predicted molar refractivity (Wildman–Crippen MR) is 80.1 cm³/mol. The number of aliphatic hydroxyl groups excluding tert-OH is 1. The summed E-state index contributed by atoms with van der Waals surface area (Å²) >= 11 is 6.31. The standard InChI is InChI=1S/C15H25ClN2O2/c1-4-13-15(16)14(18(3)17-13)9-11(19)6-10-7-12(8-10)20-5-2/h10-12,19H,4-9H2,1-3H3. The van der Waals surface area contributed by atoms with Crippen molar-refractivity contribution in [3.8, 4) is 0 Å². The minimum atomic E-state index is -0.347. The topological polar surface area (TPSA) is 47.3 Å². The average molecular weight is 301 g/mol. The minimum absolute atomic E-state index is 0.347. The van der Waals surface area contributed by atoms with Crippen LogP contribution in [0.2, 0.25) is 5.02 Å². The number of rotatable bonds is 7. The Hall–Kier alpha value is -0.580. The fraction of sp³-hybridized carbons (Fsp3) is 0.800. The Morgan fingerprint density at radius 2 is 2.15 bits per heavy atom. The minimum Gasteiger partial charge on any atom is -0.393 e. The van der Waals surface area contributed by atoms with E-state index < -0.39 is 0 Å². The summed E-state index contributed by atoms with van der Waals surface area (Å²) in [4.78, 5) is 0. The molecule has 0 aromatic carbocycles. The number of aryl methyl sites for hydroxylation is 2. The zero-order valence-corrected chi connectivity index (χ0v) is 13.4. The molecule has 0 saturated heterocycles. The molecule has 1 heterocycles. The van der Waals surface area contributed by atoms with Crippen LogP contribution in [-0.2, 0) is 24.6 Å². The molecule has 1 aromatic heterocycles. The van der Waals surface area contributed by atoms with Crippen LogP contribution in [0.25, 0.3) is 0 Å². The van der Waals surface area contributed by atoms with Gasteiger partial charge in [-0.2, -0.15) is 5.10 Å². The third kappa shape index (κ3) is 3.54. The summed E-state index contributed by atoms with van der Waals surface area (Å²) in [5.74, 6) is 0.583. The van der Waals surface area contributed by atoms with Gasteiger partial charge in [0.2, 0.25) is 0 Å². The van der Waals surface area contributed by atoms with E-state index >= 15 is 0 Å². The Balaban J connectivity index is 1.83. The Bertz CT molecular complexity index is 441. The molecule has 20 heavy (non-hydrogen) atoms. The molecule has 0 amide bonds. The molecule has 0 bridgehead atoms. The molecule has 5 heteroatoms. The summed E-state index contributed by atoms with van der Waals surface area (Å²) < 4.78 is 7.35. The van der Waals surface area contributed by atoms with Crippen LogP contribution in [-0.4, -0.2) is 33.7 Å². The van der Waals surface area contributed by atoms with Gasteiger partial charge in [0.15, 0.2) is 0 Å². The van der Waals surface area contributed by atoms with Crippen molar-refractivity contribution in [3.63, 3.8) is 0 Å². The maximum atomic E-state index is 10.2. The fourth-order valence-corrected chi connectivity index (χ4v) is 3.34. The van der Waals surface area contributed by atoms with Gasteiger partial charge in [0.1, 0.15) is 0 Å². The number of hydrogen-bond donors (Lipinski definition) is 1. The summed E-state index contributed by atoms with van der Waals surface area (Å²) in [6, 6.07) is 0. The summed E-state index contributed by atoms with van der Waals surface area (Å²) in [7, 11) is 1.89. The molecule has 0 radical (unpaired) electrons. The highest BCUT2D eigenvalue weighted by Gasteiger charge is 2.31. The first-order valence-electron chi connectivity index (χ1n) is 7.55. The first-order chi connectivity index (χ1) is 9.55. The average Bonchev–Trinajstić information content (AvgIpc) is 2.64. The van der Waals surface area contributed by atoms with Gasteiger partial charge in [-0.25, -0.2) is 0 Å². The van der Waals surface area contributed by atoms with Gasteiger partial charge in [-0.15, -0.1) is 0 Å². The van der Waals surface area contributed by atoms with Crippen molar-refractivity contribution in [2.24, 2.45) is 13.0 Å². The van der Waals surface area contributed by atoms with Gasteiger partial charge in [-0.1, -0.05) is 18.5 Å². The molecule has 1 fully saturated rings. The maximum absolute atomic E-state index is 10.2. The molecular weight excluding hydrogens is 276 g/mol. The van der Waals surface area contributed by atoms with Gasteiger partial charge in [-0.3, -0.25) is 4.68 Å². The van der Waals surface area contributed by atoms with Gasteiger partial charge in [0, 0.05) is 20.1 Å². The molecule has 114 valence electrons.